The number of guanidine groups is 1. The van der Waals surface area contributed by atoms with Gasteiger partial charge in [0.05, 0.1) is 13.0 Å². The zero-order valence-electron chi connectivity index (χ0n) is 32.9. The van der Waals surface area contributed by atoms with Crippen molar-refractivity contribution in [1.29, 1.82) is 0 Å². The summed E-state index contributed by atoms with van der Waals surface area (Å²) >= 11 is -3.37. The van der Waals surface area contributed by atoms with Gasteiger partial charge in [0.1, 0.15) is 12.1 Å². The second-order valence-corrected chi connectivity index (χ2v) is 23.0. The minimum absolute atomic E-state index is 0.00659. The van der Waals surface area contributed by atoms with E-state index in [1.54, 1.807) is 12.1 Å². The molecule has 1 fully saturated rings. The monoisotopic (exact) mass is 966 g/mol. The Labute approximate surface area is 352 Å². The summed E-state index contributed by atoms with van der Waals surface area (Å²) in [6, 6.07) is 11.5. The first-order valence-corrected chi connectivity index (χ1v) is 24.6. The van der Waals surface area contributed by atoms with E-state index < -0.39 is 97.7 Å². The number of carboxylic acid groups (broad SMARTS) is 2. The minimum Gasteiger partial charge on any atom is -0.481 e. The van der Waals surface area contributed by atoms with E-state index in [-0.39, 0.29) is 48.2 Å². The number of carbonyl (C=O) groups excluding carboxylic acids is 5. The molecule has 0 radical (unpaired) electrons. The van der Waals surface area contributed by atoms with Crippen molar-refractivity contribution in [2.75, 3.05) is 46.4 Å². The molecule has 1 aliphatic rings. The van der Waals surface area contributed by atoms with Gasteiger partial charge in [0.15, 0.2) is 5.96 Å². The number of benzene rings is 2. The van der Waals surface area contributed by atoms with Gasteiger partial charge in [0.25, 0.3) is 0 Å². The number of hydrogen-bond acceptors (Lipinski definition) is 13. The number of esters is 1. The second kappa shape index (κ2) is 23.0. The van der Waals surface area contributed by atoms with E-state index in [0.29, 0.717) is 36.8 Å². The smallest absolute Gasteiger partial charge is 0.481 e. The van der Waals surface area contributed by atoms with Crippen LogP contribution in [0.4, 0.5) is 0 Å². The number of nitrogens with zero attached hydrogens (tertiary/aromatic N) is 1. The Morgan fingerprint density at radius 2 is 1.56 bits per heavy atom. The van der Waals surface area contributed by atoms with Gasteiger partial charge in [-0.2, -0.15) is 0 Å². The Kier molecular flexibility index (Phi) is 17.9. The zero-order chi connectivity index (χ0) is 44.5. The number of aliphatic hydroxyl groups excluding tert-OH is 1. The molecule has 0 saturated carbocycles. The van der Waals surface area contributed by atoms with Crippen molar-refractivity contribution in [3.05, 3.63) is 68.6 Å². The average Bonchev–Trinajstić information content (AvgIpc) is 3.24. The standard InChI is InChI=1S/C39H49IN7O14/c41-39(42)43-15-5-10-26(36(55)44-20-32(51)46-27(18-33(52)53)37(56)47-28(21-48)38(57)58)45-31(50)11-12-34(54)60-22-40(13-16-59-17-14-40)30-19-29(49)25-9-4-8-24(35(25)61-30)23-6-2-1-3-7-23/h1-4,6-9,19,26-28,48H,5,10-18,20-22H2,(H,44,55)(H,45,50)(H,46,51)(H,47,56)(H,52,53)(H,57,58)(H4,41,42,43)/q-1/t26-,27-,28-/m0/s1. The van der Waals surface area contributed by atoms with Crippen LogP contribution < -0.4 is 56.6 Å². The summed E-state index contributed by atoms with van der Waals surface area (Å²) in [5, 5.41) is 36.6. The van der Waals surface area contributed by atoms with Gasteiger partial charge in [0, 0.05) is 0 Å². The fourth-order valence-corrected chi connectivity index (χ4v) is 13.4. The molecule has 3 aromatic rings. The first kappa shape index (κ1) is 47.5. The van der Waals surface area contributed by atoms with Crippen LogP contribution in [0.5, 0.6) is 0 Å². The third kappa shape index (κ3) is 14.2. The molecule has 3 atom stereocenters. The first-order valence-electron chi connectivity index (χ1n) is 18.9. The number of aliphatic hydroxyl groups is 1. The van der Waals surface area contributed by atoms with Gasteiger partial charge in [-0.05, 0) is 0 Å². The zero-order valence-corrected chi connectivity index (χ0v) is 35.1. The van der Waals surface area contributed by atoms with Crippen LogP contribution >= 0.6 is 0 Å². The number of para-hydroxylation sites is 1. The van der Waals surface area contributed by atoms with Crippen molar-refractivity contribution < 1.29 is 81.2 Å². The molecule has 332 valence electrons. The predicted octanol–water partition coefficient (Wildman–Crippen LogP) is -4.72. The average molecular weight is 967 g/mol. The van der Waals surface area contributed by atoms with E-state index in [2.05, 4.69) is 20.9 Å². The van der Waals surface area contributed by atoms with Gasteiger partial charge >= 0.3 is 260 Å². The third-order valence-corrected chi connectivity index (χ3v) is 18.5. The topological polar surface area (TPSA) is 341 Å². The summed E-state index contributed by atoms with van der Waals surface area (Å²) < 4.78 is 19.6. The molecule has 2 aromatic carbocycles. The van der Waals surface area contributed by atoms with Crippen LogP contribution in [0.3, 0.4) is 0 Å². The van der Waals surface area contributed by atoms with Crippen LogP contribution in [-0.4, -0.2) is 127 Å². The van der Waals surface area contributed by atoms with Crippen LogP contribution in [0.25, 0.3) is 22.1 Å². The summed E-state index contributed by atoms with van der Waals surface area (Å²) in [4.78, 5) is 104. The molecule has 0 unspecified atom stereocenters. The number of hydrogen-bond donors (Lipinski definition) is 9. The number of nitrogens with one attached hydrogen (secondary N) is 4. The van der Waals surface area contributed by atoms with Crippen molar-refractivity contribution >= 4 is 58.5 Å². The second-order valence-electron chi connectivity index (χ2n) is 13.6. The number of alkyl halides is 3. The molecule has 0 aliphatic carbocycles. The molecule has 1 saturated heterocycles. The Bertz CT molecular complexity index is 2160. The number of fused-ring (bicyclic) bond motifs is 1. The van der Waals surface area contributed by atoms with E-state index in [1.807, 2.05) is 41.7 Å². The molecule has 0 spiro atoms. The Morgan fingerprint density at radius 3 is 2.21 bits per heavy atom. The number of nitrogens with two attached hydrogens (primary N) is 2. The molecule has 22 heteroatoms. The molecule has 4 rings (SSSR count). The number of carbonyl (C=O) groups is 7. The number of amides is 4. The number of halogens is 1. The number of rotatable bonds is 22. The fourth-order valence-electron chi connectivity index (χ4n) is 6.01. The molecule has 21 nitrogen and oxygen atoms in total. The number of aliphatic imine (C=N–C) groups is 1. The number of carboxylic acids is 2. The van der Waals surface area contributed by atoms with Crippen molar-refractivity contribution in [2.45, 2.75) is 50.2 Å². The molecule has 1 aliphatic heterocycles. The molecular weight excluding hydrogens is 917 g/mol. The van der Waals surface area contributed by atoms with Gasteiger partial charge in [-0.3, -0.25) is 14.4 Å². The fraction of sp³-hybridized carbons (Fsp3) is 0.410. The molecule has 1 aromatic heterocycles. The number of ether oxygens (including phenoxy) is 2. The quantitative estimate of drug-likeness (QED) is 0.0114. The van der Waals surface area contributed by atoms with Crippen LogP contribution in [0.1, 0.15) is 32.1 Å². The van der Waals surface area contributed by atoms with Crippen LogP contribution in [0.15, 0.2) is 68.8 Å². The van der Waals surface area contributed by atoms with Gasteiger partial charge in [-0.25, -0.2) is 4.79 Å². The van der Waals surface area contributed by atoms with E-state index in [4.69, 9.17) is 30.5 Å². The van der Waals surface area contributed by atoms with Gasteiger partial charge in [-0.15, -0.1) is 0 Å². The molecule has 61 heavy (non-hydrogen) atoms. The van der Waals surface area contributed by atoms with Crippen molar-refractivity contribution in [1.82, 2.24) is 21.3 Å². The molecular formula is C39H49IN7O14-. The molecule has 11 N–H and O–H groups in total. The normalized spacial score (nSPS) is 15.2. The van der Waals surface area contributed by atoms with Crippen LogP contribution in [0, 0.1) is 3.77 Å². The summed E-state index contributed by atoms with van der Waals surface area (Å²) in [5.41, 5.74) is 12.6. The van der Waals surface area contributed by atoms with Gasteiger partial charge < -0.3 is 37.4 Å². The molecule has 4 amide bonds. The predicted molar refractivity (Wildman–Crippen MR) is 213 cm³/mol. The van der Waals surface area contributed by atoms with E-state index in [0.717, 1.165) is 11.1 Å². The van der Waals surface area contributed by atoms with E-state index >= 15 is 0 Å². The van der Waals surface area contributed by atoms with E-state index in [1.165, 1.54) is 6.07 Å². The van der Waals surface area contributed by atoms with E-state index in [9.17, 15) is 48.6 Å². The van der Waals surface area contributed by atoms with Crippen LogP contribution in [-0.2, 0) is 43.0 Å². The maximum atomic E-state index is 13.4. The molecule has 2 heterocycles. The van der Waals surface area contributed by atoms with Crippen molar-refractivity contribution in [3.63, 3.8) is 0 Å². The maximum absolute atomic E-state index is 13.4. The first-order chi connectivity index (χ1) is 29.1. The van der Waals surface area contributed by atoms with Crippen molar-refractivity contribution in [2.24, 2.45) is 16.5 Å². The Hall–Kier alpha value is -6.14. The summed E-state index contributed by atoms with van der Waals surface area (Å²) in [6.45, 7) is -0.939. The molecule has 0 bridgehead atoms. The SMILES string of the molecule is NC(N)=NCCC[C@H](NC(=O)CCC(=O)OC[I-]1(c2cc(=O)c3cccc(-c4ccccc4)c3o2)CCOCC1)C(=O)NCC(=O)N[C@@H](CC(=O)O)C(=O)N[C@@H](CO)C(=O)O. The Balaban J connectivity index is 1.38. The van der Waals surface area contributed by atoms with Crippen molar-refractivity contribution in [3.8, 4) is 11.1 Å². The summed E-state index contributed by atoms with van der Waals surface area (Å²) in [5.74, 6) is -7.85. The number of aliphatic carboxylic acids is 2. The third-order valence-electron chi connectivity index (χ3n) is 9.20. The summed E-state index contributed by atoms with van der Waals surface area (Å²) in [7, 11) is 0. The van der Waals surface area contributed by atoms with Gasteiger partial charge in [-0.1, -0.05) is 0 Å². The van der Waals surface area contributed by atoms with Gasteiger partial charge in [0.2, 0.25) is 5.91 Å². The van der Waals surface area contributed by atoms with Crippen LogP contribution in [0.2, 0.25) is 0 Å². The Morgan fingerprint density at radius 1 is 0.852 bits per heavy atom. The summed E-state index contributed by atoms with van der Waals surface area (Å²) in [6.07, 6.45) is -1.54. The minimum atomic E-state index is -3.37.